The molecule has 0 spiro atoms. The topological polar surface area (TPSA) is 35.2 Å². The Bertz CT molecular complexity index is 121. The van der Waals surface area contributed by atoms with Crippen molar-refractivity contribution in [2.24, 2.45) is 5.73 Å². The van der Waals surface area contributed by atoms with Crippen molar-refractivity contribution in [3.63, 3.8) is 0 Å². The van der Waals surface area contributed by atoms with E-state index in [1.807, 2.05) is 0 Å². The van der Waals surface area contributed by atoms with Gasteiger partial charge in [0.1, 0.15) is 7.85 Å². The number of hydrogen-bond donors (Lipinski definition) is 1. The normalized spacial score (nSPS) is 15.6. The molecule has 0 bridgehead atoms. The highest BCUT2D eigenvalue weighted by Gasteiger charge is 2.20. The molecule has 0 amide bonds. The van der Waals surface area contributed by atoms with E-state index in [4.69, 9.17) is 18.3 Å². The predicted octanol–water partition coefficient (Wildman–Crippen LogP) is 1.82. The lowest BCUT2D eigenvalue weighted by atomic mass is 9.73. The molecule has 0 saturated carbocycles. The molecule has 0 aromatic heterocycles. The molecular formula is C10H22BNO. The number of methoxy groups -OCH3 is 1. The second-order valence-corrected chi connectivity index (χ2v) is 3.62. The van der Waals surface area contributed by atoms with Crippen LogP contribution in [0.1, 0.15) is 45.4 Å². The Kier molecular flexibility index (Phi) is 7.39. The SMILES string of the molecule is [B]C(CCCC)(CCCCN)OC. The fraction of sp³-hybridized carbons (Fsp3) is 1.00. The smallest absolute Gasteiger partial charge is 0.113 e. The van der Waals surface area contributed by atoms with E-state index in [2.05, 4.69) is 6.92 Å². The Morgan fingerprint density at radius 1 is 1.23 bits per heavy atom. The zero-order valence-electron chi connectivity index (χ0n) is 9.01. The summed E-state index contributed by atoms with van der Waals surface area (Å²) in [4.78, 5) is 0. The van der Waals surface area contributed by atoms with Crippen LogP contribution in [0.25, 0.3) is 0 Å². The molecule has 1 atom stereocenters. The number of ether oxygens (including phenoxy) is 1. The van der Waals surface area contributed by atoms with E-state index in [1.165, 1.54) is 6.42 Å². The lowest BCUT2D eigenvalue weighted by molar-refractivity contribution is 0.0445. The van der Waals surface area contributed by atoms with Crippen LogP contribution in [0, 0.1) is 0 Å². The molecule has 3 heteroatoms. The van der Waals surface area contributed by atoms with E-state index >= 15 is 0 Å². The van der Waals surface area contributed by atoms with Crippen molar-refractivity contribution >= 4 is 7.85 Å². The molecule has 0 aliphatic rings. The maximum Gasteiger partial charge on any atom is 0.113 e. The van der Waals surface area contributed by atoms with E-state index in [-0.39, 0.29) is 0 Å². The van der Waals surface area contributed by atoms with E-state index in [0.717, 1.165) is 38.6 Å². The summed E-state index contributed by atoms with van der Waals surface area (Å²) in [5, 5.41) is 0. The van der Waals surface area contributed by atoms with Crippen LogP contribution in [0.3, 0.4) is 0 Å². The lowest BCUT2D eigenvalue weighted by Crippen LogP contribution is -2.31. The van der Waals surface area contributed by atoms with Crippen molar-refractivity contribution in [3.05, 3.63) is 0 Å². The van der Waals surface area contributed by atoms with Gasteiger partial charge in [0.15, 0.2) is 0 Å². The van der Waals surface area contributed by atoms with Crippen molar-refractivity contribution in [3.8, 4) is 0 Å². The first-order chi connectivity index (χ1) is 6.18. The van der Waals surface area contributed by atoms with Crippen LogP contribution in [0.4, 0.5) is 0 Å². The summed E-state index contributed by atoms with van der Waals surface area (Å²) >= 11 is 0. The molecule has 0 aliphatic carbocycles. The Labute approximate surface area is 83.6 Å². The van der Waals surface area contributed by atoms with Gasteiger partial charge in [0, 0.05) is 12.6 Å². The lowest BCUT2D eigenvalue weighted by Gasteiger charge is -2.28. The van der Waals surface area contributed by atoms with Crippen LogP contribution in [-0.4, -0.2) is 27.0 Å². The van der Waals surface area contributed by atoms with Gasteiger partial charge in [-0.15, -0.1) is 0 Å². The highest BCUT2D eigenvalue weighted by Crippen LogP contribution is 2.21. The van der Waals surface area contributed by atoms with Crippen LogP contribution < -0.4 is 5.73 Å². The summed E-state index contributed by atoms with van der Waals surface area (Å²) in [5.74, 6) is 0. The van der Waals surface area contributed by atoms with Gasteiger partial charge in [-0.25, -0.2) is 0 Å². The minimum absolute atomic E-state index is 0.412. The minimum Gasteiger partial charge on any atom is -0.388 e. The molecule has 0 fully saturated rings. The predicted molar refractivity (Wildman–Crippen MR) is 57.9 cm³/mol. The monoisotopic (exact) mass is 183 g/mol. The van der Waals surface area contributed by atoms with Crippen molar-refractivity contribution in [2.45, 2.75) is 50.9 Å². The van der Waals surface area contributed by atoms with Crippen molar-refractivity contribution < 1.29 is 4.74 Å². The van der Waals surface area contributed by atoms with Gasteiger partial charge in [-0.05, 0) is 25.8 Å². The molecule has 76 valence electrons. The average molecular weight is 183 g/mol. The number of hydrogen-bond acceptors (Lipinski definition) is 2. The van der Waals surface area contributed by atoms with Gasteiger partial charge in [-0.1, -0.05) is 26.2 Å². The fourth-order valence-electron chi connectivity index (χ4n) is 1.37. The van der Waals surface area contributed by atoms with Crippen LogP contribution in [0.5, 0.6) is 0 Å². The molecule has 0 saturated heterocycles. The first-order valence-electron chi connectivity index (χ1n) is 5.22. The van der Waals surface area contributed by atoms with Gasteiger partial charge < -0.3 is 10.5 Å². The molecule has 0 aromatic carbocycles. The van der Waals surface area contributed by atoms with Crippen molar-refractivity contribution in [2.75, 3.05) is 13.7 Å². The third-order valence-corrected chi connectivity index (χ3v) is 2.41. The van der Waals surface area contributed by atoms with Crippen LogP contribution in [0.2, 0.25) is 0 Å². The second-order valence-electron chi connectivity index (χ2n) is 3.62. The van der Waals surface area contributed by atoms with Gasteiger partial charge >= 0.3 is 0 Å². The maximum absolute atomic E-state index is 6.06. The quantitative estimate of drug-likeness (QED) is 0.460. The number of rotatable bonds is 8. The molecular weight excluding hydrogens is 161 g/mol. The Morgan fingerprint density at radius 3 is 2.31 bits per heavy atom. The van der Waals surface area contributed by atoms with Crippen LogP contribution in [0.15, 0.2) is 0 Å². The van der Waals surface area contributed by atoms with Gasteiger partial charge in [0.2, 0.25) is 0 Å². The molecule has 0 aliphatic heterocycles. The molecule has 2 radical (unpaired) electrons. The number of nitrogens with two attached hydrogens (primary N) is 1. The minimum atomic E-state index is -0.412. The summed E-state index contributed by atoms with van der Waals surface area (Å²) in [6, 6.07) is 0. The zero-order valence-corrected chi connectivity index (χ0v) is 9.01. The highest BCUT2D eigenvalue weighted by atomic mass is 16.5. The van der Waals surface area contributed by atoms with E-state index in [0.29, 0.717) is 0 Å². The summed E-state index contributed by atoms with van der Waals surface area (Å²) < 4.78 is 5.32. The summed E-state index contributed by atoms with van der Waals surface area (Å²) in [6.45, 7) is 2.91. The summed E-state index contributed by atoms with van der Waals surface area (Å²) in [5.41, 5.74) is 5.01. The van der Waals surface area contributed by atoms with Gasteiger partial charge in [-0.2, -0.15) is 0 Å². The van der Waals surface area contributed by atoms with Gasteiger partial charge in [0.25, 0.3) is 0 Å². The van der Waals surface area contributed by atoms with E-state index < -0.39 is 5.50 Å². The Morgan fingerprint density at radius 2 is 1.85 bits per heavy atom. The Balaban J connectivity index is 3.67. The molecule has 13 heavy (non-hydrogen) atoms. The molecule has 2 nitrogen and oxygen atoms in total. The standard InChI is InChI=1S/C10H22BNO/c1-3-4-7-10(11,13-2)8-5-6-9-12/h3-9,12H2,1-2H3. The fourth-order valence-corrected chi connectivity index (χ4v) is 1.37. The molecule has 0 heterocycles. The van der Waals surface area contributed by atoms with Crippen molar-refractivity contribution in [1.82, 2.24) is 0 Å². The summed E-state index contributed by atoms with van der Waals surface area (Å²) in [6.07, 6.45) is 6.26. The first kappa shape index (κ1) is 13.0. The van der Waals surface area contributed by atoms with Gasteiger partial charge in [-0.3, -0.25) is 0 Å². The van der Waals surface area contributed by atoms with Crippen LogP contribution >= 0.6 is 0 Å². The molecule has 0 rings (SSSR count). The van der Waals surface area contributed by atoms with Gasteiger partial charge in [0.05, 0.1) is 0 Å². The average Bonchev–Trinajstić information content (AvgIpc) is 2.15. The third-order valence-electron chi connectivity index (χ3n) is 2.41. The highest BCUT2D eigenvalue weighted by molar-refractivity contribution is 6.14. The molecule has 1 unspecified atom stereocenters. The maximum atomic E-state index is 6.06. The summed E-state index contributed by atoms with van der Waals surface area (Å²) in [7, 11) is 7.75. The third kappa shape index (κ3) is 6.11. The largest absolute Gasteiger partial charge is 0.388 e. The molecule has 2 N–H and O–H groups in total. The zero-order chi connectivity index (χ0) is 10.2. The van der Waals surface area contributed by atoms with Crippen molar-refractivity contribution in [1.29, 1.82) is 0 Å². The van der Waals surface area contributed by atoms with E-state index in [1.54, 1.807) is 7.11 Å². The Hall–Kier alpha value is -0.0151. The molecule has 0 aromatic rings. The first-order valence-corrected chi connectivity index (χ1v) is 5.22. The number of unbranched alkanes of at least 4 members (excludes halogenated alkanes) is 2. The van der Waals surface area contributed by atoms with Crippen LogP contribution in [-0.2, 0) is 4.74 Å². The second kappa shape index (κ2) is 7.39. The van der Waals surface area contributed by atoms with E-state index in [9.17, 15) is 0 Å².